The van der Waals surface area contributed by atoms with Crippen molar-refractivity contribution < 1.29 is 8.83 Å². The molecule has 2 heteroatoms. The molecule has 0 N–H and O–H groups in total. The Labute approximate surface area is 250 Å². The Balaban J connectivity index is 1.25. The van der Waals surface area contributed by atoms with Crippen LogP contribution in [0.1, 0.15) is 35.4 Å². The van der Waals surface area contributed by atoms with E-state index in [0.29, 0.717) is 5.92 Å². The maximum Gasteiger partial charge on any atom is 0.136 e. The van der Waals surface area contributed by atoms with Gasteiger partial charge in [-0.1, -0.05) is 72.3 Å². The van der Waals surface area contributed by atoms with E-state index in [-0.39, 0.29) is 0 Å². The van der Waals surface area contributed by atoms with Gasteiger partial charge in [0.25, 0.3) is 0 Å². The molecule has 1 fully saturated rings. The van der Waals surface area contributed by atoms with E-state index in [1.54, 1.807) is 0 Å². The van der Waals surface area contributed by atoms with E-state index < -0.39 is 0 Å². The highest BCUT2D eigenvalue weighted by Crippen LogP contribution is 2.47. The molecule has 0 spiro atoms. The lowest BCUT2D eigenvalue weighted by Gasteiger charge is -2.16. The quantitative estimate of drug-likeness (QED) is 0.216. The van der Waals surface area contributed by atoms with Gasteiger partial charge in [0.15, 0.2) is 0 Å². The molecule has 43 heavy (non-hydrogen) atoms. The van der Waals surface area contributed by atoms with Crippen molar-refractivity contribution in [1.82, 2.24) is 0 Å². The molecule has 1 aliphatic rings. The van der Waals surface area contributed by atoms with Crippen molar-refractivity contribution in [2.75, 3.05) is 0 Å². The Bertz CT molecular complexity index is 2360. The molecule has 0 saturated heterocycles. The predicted octanol–water partition coefficient (Wildman–Crippen LogP) is 12.0. The lowest BCUT2D eigenvalue weighted by molar-refractivity contribution is 0.663. The number of hydrogen-bond donors (Lipinski definition) is 0. The van der Waals surface area contributed by atoms with Crippen molar-refractivity contribution in [2.24, 2.45) is 0 Å². The number of benzene rings is 6. The van der Waals surface area contributed by atoms with Crippen LogP contribution < -0.4 is 0 Å². The molecule has 0 radical (unpaired) electrons. The number of aryl methyl sites for hydroxylation is 2. The highest BCUT2D eigenvalue weighted by atomic mass is 16.3. The van der Waals surface area contributed by atoms with E-state index in [2.05, 4.69) is 117 Å². The molecule has 0 amide bonds. The van der Waals surface area contributed by atoms with Crippen LogP contribution in [-0.2, 0) is 0 Å². The van der Waals surface area contributed by atoms with Crippen LogP contribution in [-0.4, -0.2) is 0 Å². The number of fused-ring (bicyclic) bond motifs is 7. The maximum absolute atomic E-state index is 6.38. The standard InChI is InChI=1S/C41H30O2/c1-24-8-16-36-34(20-24)40-38(42-36)18-19-39-41(40)35-23-30(14-17-37(35)43-39)29-13-15-31(27-11-12-27)33(22-29)32-21-28(10-9-25(32)2)26-6-4-3-5-7-26/h3-10,13-23,27H,11-12H2,1-2H3. The summed E-state index contributed by atoms with van der Waals surface area (Å²) in [5.74, 6) is 0.648. The third kappa shape index (κ3) is 3.94. The van der Waals surface area contributed by atoms with Gasteiger partial charge in [0.05, 0.1) is 0 Å². The van der Waals surface area contributed by atoms with Gasteiger partial charge in [-0.3, -0.25) is 0 Å². The zero-order valence-corrected chi connectivity index (χ0v) is 24.3. The van der Waals surface area contributed by atoms with Crippen molar-refractivity contribution in [1.29, 1.82) is 0 Å². The van der Waals surface area contributed by atoms with Crippen LogP contribution in [0.5, 0.6) is 0 Å². The van der Waals surface area contributed by atoms with Gasteiger partial charge in [0, 0.05) is 21.5 Å². The molecule has 1 aliphatic carbocycles. The molecule has 1 saturated carbocycles. The van der Waals surface area contributed by atoms with Crippen molar-refractivity contribution in [3.05, 3.63) is 132 Å². The average molecular weight is 555 g/mol. The Morgan fingerprint density at radius 3 is 1.81 bits per heavy atom. The van der Waals surface area contributed by atoms with Crippen LogP contribution in [0.3, 0.4) is 0 Å². The van der Waals surface area contributed by atoms with Crippen LogP contribution in [0.2, 0.25) is 0 Å². The summed E-state index contributed by atoms with van der Waals surface area (Å²) < 4.78 is 12.6. The summed E-state index contributed by atoms with van der Waals surface area (Å²) >= 11 is 0. The van der Waals surface area contributed by atoms with Crippen LogP contribution in [0, 0.1) is 13.8 Å². The fraction of sp³-hybridized carbons (Fsp3) is 0.122. The second kappa shape index (κ2) is 9.21. The molecule has 2 heterocycles. The molecule has 0 unspecified atom stereocenters. The van der Waals surface area contributed by atoms with Crippen molar-refractivity contribution in [2.45, 2.75) is 32.6 Å². The first kappa shape index (κ1) is 24.5. The molecular formula is C41H30O2. The fourth-order valence-electron chi connectivity index (χ4n) is 6.87. The van der Waals surface area contributed by atoms with Crippen LogP contribution in [0.15, 0.2) is 124 Å². The predicted molar refractivity (Wildman–Crippen MR) is 179 cm³/mol. The monoisotopic (exact) mass is 554 g/mol. The smallest absolute Gasteiger partial charge is 0.136 e. The van der Waals surface area contributed by atoms with E-state index >= 15 is 0 Å². The van der Waals surface area contributed by atoms with E-state index in [1.165, 1.54) is 62.9 Å². The number of rotatable bonds is 4. The summed E-state index contributed by atoms with van der Waals surface area (Å²) in [6, 6.07) is 41.8. The molecule has 206 valence electrons. The summed E-state index contributed by atoms with van der Waals surface area (Å²) in [5, 5.41) is 4.51. The third-order valence-electron chi connectivity index (χ3n) is 9.26. The number of hydrogen-bond acceptors (Lipinski definition) is 2. The average Bonchev–Trinajstić information content (AvgIpc) is 3.73. The first-order valence-corrected chi connectivity index (χ1v) is 15.2. The second-order valence-electron chi connectivity index (χ2n) is 12.2. The molecule has 8 aromatic rings. The van der Waals surface area contributed by atoms with Gasteiger partial charge in [0.2, 0.25) is 0 Å². The van der Waals surface area contributed by atoms with Gasteiger partial charge in [-0.05, 0) is 126 Å². The topological polar surface area (TPSA) is 26.3 Å². The van der Waals surface area contributed by atoms with Crippen molar-refractivity contribution in [3.8, 4) is 33.4 Å². The van der Waals surface area contributed by atoms with Gasteiger partial charge < -0.3 is 8.83 Å². The minimum atomic E-state index is 0.648. The summed E-state index contributed by atoms with van der Waals surface area (Å²) in [5.41, 5.74) is 15.2. The van der Waals surface area contributed by atoms with Crippen LogP contribution in [0.25, 0.3) is 77.3 Å². The second-order valence-corrected chi connectivity index (χ2v) is 12.2. The summed E-state index contributed by atoms with van der Waals surface area (Å²) in [6.07, 6.45) is 2.54. The fourth-order valence-corrected chi connectivity index (χ4v) is 6.87. The Morgan fingerprint density at radius 1 is 0.488 bits per heavy atom. The van der Waals surface area contributed by atoms with E-state index in [4.69, 9.17) is 8.83 Å². The zero-order valence-electron chi connectivity index (χ0n) is 24.3. The minimum absolute atomic E-state index is 0.648. The van der Waals surface area contributed by atoms with Gasteiger partial charge in [-0.15, -0.1) is 0 Å². The normalized spacial score (nSPS) is 13.5. The molecule has 2 aromatic heterocycles. The Morgan fingerprint density at radius 2 is 1.07 bits per heavy atom. The molecule has 0 aliphatic heterocycles. The van der Waals surface area contributed by atoms with Crippen LogP contribution in [0.4, 0.5) is 0 Å². The zero-order chi connectivity index (χ0) is 28.7. The van der Waals surface area contributed by atoms with E-state index in [1.807, 2.05) is 12.1 Å². The van der Waals surface area contributed by atoms with Crippen LogP contribution >= 0.6 is 0 Å². The van der Waals surface area contributed by atoms with Gasteiger partial charge >= 0.3 is 0 Å². The van der Waals surface area contributed by atoms with Crippen molar-refractivity contribution >= 4 is 43.9 Å². The molecule has 2 nitrogen and oxygen atoms in total. The minimum Gasteiger partial charge on any atom is -0.456 e. The third-order valence-corrected chi connectivity index (χ3v) is 9.26. The lowest BCUT2D eigenvalue weighted by atomic mass is 9.88. The molecule has 0 atom stereocenters. The molecule has 9 rings (SSSR count). The maximum atomic E-state index is 6.38. The lowest BCUT2D eigenvalue weighted by Crippen LogP contribution is -1.93. The highest BCUT2D eigenvalue weighted by molar-refractivity contribution is 6.26. The first-order chi connectivity index (χ1) is 21.1. The van der Waals surface area contributed by atoms with Gasteiger partial charge in [-0.2, -0.15) is 0 Å². The largest absolute Gasteiger partial charge is 0.456 e. The SMILES string of the molecule is Cc1ccc2oc3ccc4oc5ccc(-c6ccc(C7CC7)c(-c7cc(-c8ccccc8)ccc7C)c6)cc5c4c3c2c1. The molecular weight excluding hydrogens is 524 g/mol. The number of furan rings is 2. The van der Waals surface area contributed by atoms with Gasteiger partial charge in [0.1, 0.15) is 22.3 Å². The summed E-state index contributed by atoms with van der Waals surface area (Å²) in [4.78, 5) is 0. The van der Waals surface area contributed by atoms with Gasteiger partial charge in [-0.25, -0.2) is 0 Å². The molecule has 6 aromatic carbocycles. The summed E-state index contributed by atoms with van der Waals surface area (Å²) in [6.45, 7) is 4.36. The molecule has 0 bridgehead atoms. The van der Waals surface area contributed by atoms with Crippen molar-refractivity contribution in [3.63, 3.8) is 0 Å². The summed E-state index contributed by atoms with van der Waals surface area (Å²) in [7, 11) is 0. The Hall–Kier alpha value is -5.08. The Kier molecular flexibility index (Phi) is 5.25. The first-order valence-electron chi connectivity index (χ1n) is 15.2. The highest BCUT2D eigenvalue weighted by Gasteiger charge is 2.27. The van der Waals surface area contributed by atoms with E-state index in [9.17, 15) is 0 Å². The van der Waals surface area contributed by atoms with E-state index in [0.717, 1.165) is 43.9 Å².